The molecule has 0 unspecified atom stereocenters. The number of nitrogens with two attached hydrogens (primary N) is 1. The van der Waals surface area contributed by atoms with Gasteiger partial charge in [0, 0.05) is 6.54 Å². The standard InChI is InChI=1S/C9H14N5O4P/c1-2-3-14-4-11-6-7(10)12-9(13-8(6)14)18-5-19(15,16)17/h4H,2-3,5H2,1H3,(H2,10,12,13)(H2,15,16,17). The summed E-state index contributed by atoms with van der Waals surface area (Å²) < 4.78 is 17.4. The van der Waals surface area contributed by atoms with Gasteiger partial charge in [-0.15, -0.1) is 0 Å². The monoisotopic (exact) mass is 287 g/mol. The minimum Gasteiger partial charge on any atom is -0.450 e. The van der Waals surface area contributed by atoms with Crippen molar-refractivity contribution in [2.75, 3.05) is 12.1 Å². The van der Waals surface area contributed by atoms with Gasteiger partial charge in [0.2, 0.25) is 0 Å². The summed E-state index contributed by atoms with van der Waals surface area (Å²) in [6.07, 6.45) is 1.68. The van der Waals surface area contributed by atoms with Gasteiger partial charge in [0.1, 0.15) is 5.52 Å². The number of anilines is 1. The second kappa shape index (κ2) is 5.12. The number of rotatable bonds is 5. The molecule has 0 amide bonds. The number of nitrogen functional groups attached to an aromatic ring is 1. The van der Waals surface area contributed by atoms with Gasteiger partial charge < -0.3 is 24.8 Å². The van der Waals surface area contributed by atoms with E-state index in [1.54, 1.807) is 10.9 Å². The van der Waals surface area contributed by atoms with Crippen LogP contribution in [0.15, 0.2) is 6.33 Å². The zero-order valence-corrected chi connectivity index (χ0v) is 11.1. The summed E-state index contributed by atoms with van der Waals surface area (Å²) in [5.41, 5.74) is 6.63. The molecule has 0 fully saturated rings. The molecule has 0 saturated heterocycles. The summed E-state index contributed by atoms with van der Waals surface area (Å²) in [4.78, 5) is 29.4. The third-order valence-electron chi connectivity index (χ3n) is 2.30. The largest absolute Gasteiger partial charge is 0.450 e. The first-order valence-corrected chi connectivity index (χ1v) is 7.36. The number of nitrogens with zero attached hydrogens (tertiary/aromatic N) is 4. The minimum absolute atomic E-state index is 0.112. The van der Waals surface area contributed by atoms with Gasteiger partial charge in [0.15, 0.2) is 17.8 Å². The van der Waals surface area contributed by atoms with Gasteiger partial charge in [0.05, 0.1) is 6.33 Å². The number of aryl methyl sites for hydroxylation is 1. The van der Waals surface area contributed by atoms with E-state index in [0.29, 0.717) is 17.7 Å². The molecule has 0 aliphatic rings. The van der Waals surface area contributed by atoms with Crippen molar-refractivity contribution in [2.24, 2.45) is 0 Å². The molecule has 9 nitrogen and oxygen atoms in total. The zero-order valence-electron chi connectivity index (χ0n) is 10.2. The summed E-state index contributed by atoms with van der Waals surface area (Å²) in [5, 5.41) is 0. The minimum atomic E-state index is -4.28. The lowest BCUT2D eigenvalue weighted by atomic mass is 10.4. The molecule has 104 valence electrons. The summed E-state index contributed by atoms with van der Waals surface area (Å²) in [6.45, 7) is 2.70. The fourth-order valence-electron chi connectivity index (χ4n) is 1.56. The molecule has 0 atom stereocenters. The Bertz CT molecular complexity index is 637. The normalized spacial score (nSPS) is 11.9. The molecule has 0 aliphatic carbocycles. The van der Waals surface area contributed by atoms with E-state index in [1.807, 2.05) is 6.92 Å². The zero-order chi connectivity index (χ0) is 14.0. The molecule has 0 aromatic carbocycles. The molecule has 0 spiro atoms. The van der Waals surface area contributed by atoms with Crippen molar-refractivity contribution in [3.8, 4) is 6.01 Å². The molecular weight excluding hydrogens is 273 g/mol. The second-order valence-corrected chi connectivity index (χ2v) is 5.53. The number of ether oxygens (including phenoxy) is 1. The van der Waals surface area contributed by atoms with Crippen LogP contribution in [-0.4, -0.2) is 35.7 Å². The Balaban J connectivity index is 2.35. The van der Waals surface area contributed by atoms with E-state index in [9.17, 15) is 4.57 Å². The van der Waals surface area contributed by atoms with E-state index in [4.69, 9.17) is 20.3 Å². The quantitative estimate of drug-likeness (QED) is 0.669. The van der Waals surface area contributed by atoms with E-state index in [-0.39, 0.29) is 11.8 Å². The molecule has 2 heterocycles. The molecule has 0 saturated carbocycles. The highest BCUT2D eigenvalue weighted by Gasteiger charge is 2.17. The van der Waals surface area contributed by atoms with Gasteiger partial charge in [-0.1, -0.05) is 6.92 Å². The first-order valence-electron chi connectivity index (χ1n) is 5.56. The number of hydrogen-bond acceptors (Lipinski definition) is 6. The Hall–Kier alpha value is -1.70. The highest BCUT2D eigenvalue weighted by atomic mass is 31.2. The summed E-state index contributed by atoms with van der Waals surface area (Å²) in [6, 6.07) is -0.175. The van der Waals surface area contributed by atoms with Crippen molar-refractivity contribution < 1.29 is 19.1 Å². The smallest absolute Gasteiger partial charge is 0.362 e. The van der Waals surface area contributed by atoms with Crippen molar-refractivity contribution in [1.82, 2.24) is 19.5 Å². The maximum absolute atomic E-state index is 10.7. The van der Waals surface area contributed by atoms with Gasteiger partial charge in [-0.05, 0) is 6.42 Å². The molecule has 0 bridgehead atoms. The topological polar surface area (TPSA) is 136 Å². The molecule has 2 rings (SSSR count). The van der Waals surface area contributed by atoms with Crippen LogP contribution in [0.3, 0.4) is 0 Å². The van der Waals surface area contributed by atoms with E-state index in [0.717, 1.165) is 6.42 Å². The fraction of sp³-hybridized carbons (Fsp3) is 0.444. The van der Waals surface area contributed by atoms with E-state index < -0.39 is 13.9 Å². The van der Waals surface area contributed by atoms with Crippen molar-refractivity contribution in [3.63, 3.8) is 0 Å². The average Bonchev–Trinajstić information content (AvgIpc) is 2.70. The van der Waals surface area contributed by atoms with E-state index >= 15 is 0 Å². The van der Waals surface area contributed by atoms with E-state index in [1.165, 1.54) is 0 Å². The lowest BCUT2D eigenvalue weighted by Gasteiger charge is -2.07. The van der Waals surface area contributed by atoms with Crippen LogP contribution < -0.4 is 10.5 Å². The van der Waals surface area contributed by atoms with E-state index in [2.05, 4.69) is 15.0 Å². The molecule has 4 N–H and O–H groups in total. The molecular formula is C9H14N5O4P. The van der Waals surface area contributed by atoms with Crippen LogP contribution in [0, 0.1) is 0 Å². The van der Waals surface area contributed by atoms with Crippen LogP contribution in [0.1, 0.15) is 13.3 Å². The Morgan fingerprint density at radius 1 is 1.47 bits per heavy atom. The molecule has 2 aromatic heterocycles. The van der Waals surface area contributed by atoms with Crippen LogP contribution in [-0.2, 0) is 11.1 Å². The number of hydrogen-bond donors (Lipinski definition) is 3. The molecule has 0 aliphatic heterocycles. The predicted octanol–water partition coefficient (Wildman–Crippen LogP) is 0.332. The maximum atomic E-state index is 10.7. The van der Waals surface area contributed by atoms with Crippen LogP contribution in [0.2, 0.25) is 0 Å². The van der Waals surface area contributed by atoms with Crippen LogP contribution >= 0.6 is 7.60 Å². The van der Waals surface area contributed by atoms with Crippen LogP contribution in [0.25, 0.3) is 11.2 Å². The van der Waals surface area contributed by atoms with Crippen molar-refractivity contribution in [1.29, 1.82) is 0 Å². The third-order valence-corrected chi connectivity index (χ3v) is 2.76. The van der Waals surface area contributed by atoms with Gasteiger partial charge in [0.25, 0.3) is 0 Å². The Labute approximate surface area is 108 Å². The molecule has 19 heavy (non-hydrogen) atoms. The summed E-state index contributed by atoms with van der Waals surface area (Å²) >= 11 is 0. The fourth-order valence-corrected chi connectivity index (χ4v) is 1.84. The first-order chi connectivity index (χ1) is 8.90. The van der Waals surface area contributed by atoms with Gasteiger partial charge in [-0.3, -0.25) is 4.57 Å². The Morgan fingerprint density at radius 2 is 2.21 bits per heavy atom. The van der Waals surface area contributed by atoms with Crippen molar-refractivity contribution in [3.05, 3.63) is 6.33 Å². The Kier molecular flexibility index (Phi) is 3.70. The van der Waals surface area contributed by atoms with Gasteiger partial charge in [-0.2, -0.15) is 9.97 Å². The van der Waals surface area contributed by atoms with Gasteiger partial charge in [-0.25, -0.2) is 4.98 Å². The highest BCUT2D eigenvalue weighted by Crippen LogP contribution is 2.34. The maximum Gasteiger partial charge on any atom is 0.362 e. The third kappa shape index (κ3) is 3.19. The van der Waals surface area contributed by atoms with Crippen LogP contribution in [0.4, 0.5) is 5.82 Å². The molecule has 2 aromatic rings. The molecule has 0 radical (unpaired) electrons. The number of aromatic nitrogens is 4. The number of fused-ring (bicyclic) bond motifs is 1. The van der Waals surface area contributed by atoms with Crippen molar-refractivity contribution >= 4 is 24.6 Å². The lowest BCUT2D eigenvalue weighted by Crippen LogP contribution is -2.05. The summed E-state index contributed by atoms with van der Waals surface area (Å²) in [5.74, 6) is 0.112. The molecule has 10 heteroatoms. The Morgan fingerprint density at radius 3 is 2.84 bits per heavy atom. The second-order valence-electron chi connectivity index (χ2n) is 3.94. The number of imidazole rings is 1. The SMILES string of the molecule is CCCn1cnc2c(N)nc(OCP(=O)(O)O)nc21. The van der Waals surface area contributed by atoms with Crippen molar-refractivity contribution in [2.45, 2.75) is 19.9 Å². The first kappa shape index (κ1) is 13.7. The highest BCUT2D eigenvalue weighted by molar-refractivity contribution is 7.51. The van der Waals surface area contributed by atoms with Gasteiger partial charge >= 0.3 is 13.6 Å². The average molecular weight is 287 g/mol. The van der Waals surface area contributed by atoms with Crippen LogP contribution in [0.5, 0.6) is 6.01 Å². The summed E-state index contributed by atoms with van der Waals surface area (Å²) in [7, 11) is -4.28. The predicted molar refractivity (Wildman–Crippen MR) is 67.6 cm³/mol. The lowest BCUT2D eigenvalue weighted by molar-refractivity contribution is 0.287.